The van der Waals surface area contributed by atoms with Crippen LogP contribution >= 0.6 is 0 Å². The number of hydrogen-bond acceptors (Lipinski definition) is 5. The Balaban J connectivity index is 1.45. The van der Waals surface area contributed by atoms with E-state index in [1.165, 1.54) is 0 Å². The van der Waals surface area contributed by atoms with E-state index in [2.05, 4.69) is 35.0 Å². The molecule has 2 aromatic carbocycles. The first-order valence-corrected chi connectivity index (χ1v) is 17.3. The molecular weight excluding hydrogens is 522 g/mol. The quantitative estimate of drug-likeness (QED) is 0.143. The number of aryl methyl sites for hydroxylation is 1. The van der Waals surface area contributed by atoms with Crippen molar-refractivity contribution in [2.45, 2.75) is 58.1 Å². The largest absolute Gasteiger partial charge is 0.481 e. The summed E-state index contributed by atoms with van der Waals surface area (Å²) in [5.41, 5.74) is 3.94. The number of ether oxygens (including phenoxy) is 1. The number of hydrogen-bond donors (Lipinski definition) is 2. The number of carbonyl (C=O) groups excluding carboxylic acids is 1. The lowest BCUT2D eigenvalue weighted by molar-refractivity contribution is -0.137. The summed E-state index contributed by atoms with van der Waals surface area (Å²) in [4.78, 5) is 28.8. The standard InChI is InChI=1S/C30H37N5O4Si/c1-40(2,3)17-16-39-22-34-20-25(19-31-34)23-10-9-11-24(18-23)29(38)33-30-32-26(12-7-8-15-28(36)37)21-35(30)27-13-5-4-6-14-27/h4-6,9-11,13-14,18-21H,7-8,12,15-17,22H2,1-3H3,(H,36,37)(H,32,33,38). The number of imidazole rings is 1. The smallest absolute Gasteiger partial charge is 0.303 e. The van der Waals surface area contributed by atoms with Crippen LogP contribution in [0, 0.1) is 0 Å². The highest BCUT2D eigenvalue weighted by molar-refractivity contribution is 6.76. The van der Waals surface area contributed by atoms with E-state index < -0.39 is 14.0 Å². The van der Waals surface area contributed by atoms with Crippen molar-refractivity contribution in [2.24, 2.45) is 0 Å². The molecule has 210 valence electrons. The monoisotopic (exact) mass is 559 g/mol. The molecule has 10 heteroatoms. The number of carboxylic acids is 1. The van der Waals surface area contributed by atoms with Gasteiger partial charge in [0.15, 0.2) is 0 Å². The zero-order valence-corrected chi connectivity index (χ0v) is 24.3. The minimum absolute atomic E-state index is 0.129. The number of nitrogens with one attached hydrogen (secondary N) is 1. The first-order valence-electron chi connectivity index (χ1n) is 13.6. The molecule has 0 atom stereocenters. The lowest BCUT2D eigenvalue weighted by Gasteiger charge is -2.15. The van der Waals surface area contributed by atoms with Crippen LogP contribution in [0.15, 0.2) is 73.2 Å². The highest BCUT2D eigenvalue weighted by Crippen LogP contribution is 2.22. The van der Waals surface area contributed by atoms with Crippen LogP contribution in [0.5, 0.6) is 0 Å². The molecule has 2 heterocycles. The van der Waals surface area contributed by atoms with E-state index in [0.717, 1.165) is 35.2 Å². The number of carboxylic acid groups (broad SMARTS) is 1. The van der Waals surface area contributed by atoms with Crippen LogP contribution in [-0.2, 0) is 22.7 Å². The number of unbranched alkanes of at least 4 members (excludes halogenated alkanes) is 1. The number of rotatable bonds is 14. The summed E-state index contributed by atoms with van der Waals surface area (Å²) in [6, 6.07) is 18.2. The summed E-state index contributed by atoms with van der Waals surface area (Å²) in [6.45, 7) is 8.09. The first-order chi connectivity index (χ1) is 19.2. The summed E-state index contributed by atoms with van der Waals surface area (Å²) in [5.74, 6) is -0.662. The SMILES string of the molecule is C[Si](C)(C)CCOCn1cc(-c2cccc(C(=O)Nc3nc(CCCCC(=O)O)cn3-c3ccccc3)c2)cn1. The predicted octanol–water partition coefficient (Wildman–Crippen LogP) is 6.10. The second-order valence-electron chi connectivity index (χ2n) is 11.0. The summed E-state index contributed by atoms with van der Waals surface area (Å²) in [6.07, 6.45) is 7.61. The van der Waals surface area contributed by atoms with Crippen LogP contribution in [0.4, 0.5) is 5.95 Å². The lowest BCUT2D eigenvalue weighted by atomic mass is 10.1. The molecule has 9 nitrogen and oxygen atoms in total. The molecule has 40 heavy (non-hydrogen) atoms. The minimum atomic E-state index is -1.14. The molecule has 0 aliphatic heterocycles. The molecule has 0 bridgehead atoms. The Morgan fingerprint density at radius 1 is 1.00 bits per heavy atom. The number of anilines is 1. The zero-order valence-electron chi connectivity index (χ0n) is 23.3. The Morgan fingerprint density at radius 2 is 1.80 bits per heavy atom. The first kappa shape index (κ1) is 29.0. The Morgan fingerprint density at radius 3 is 2.55 bits per heavy atom. The number of aromatic nitrogens is 4. The molecule has 4 aromatic rings. The maximum absolute atomic E-state index is 13.3. The maximum atomic E-state index is 13.3. The molecule has 2 N–H and O–H groups in total. The van der Waals surface area contributed by atoms with Gasteiger partial charge < -0.3 is 9.84 Å². The Labute approximate surface area is 235 Å². The molecule has 0 radical (unpaired) electrons. The fourth-order valence-electron chi connectivity index (χ4n) is 4.14. The normalized spacial score (nSPS) is 11.5. The van der Waals surface area contributed by atoms with Crippen LogP contribution in [0.1, 0.15) is 35.3 Å². The van der Waals surface area contributed by atoms with Crippen LogP contribution in [0.2, 0.25) is 25.7 Å². The third-order valence-electron chi connectivity index (χ3n) is 6.40. The van der Waals surface area contributed by atoms with E-state index in [1.54, 1.807) is 16.9 Å². The van der Waals surface area contributed by atoms with Crippen molar-refractivity contribution in [3.8, 4) is 16.8 Å². The average molecular weight is 560 g/mol. The van der Waals surface area contributed by atoms with Crippen molar-refractivity contribution in [1.82, 2.24) is 19.3 Å². The van der Waals surface area contributed by atoms with Crippen molar-refractivity contribution in [3.63, 3.8) is 0 Å². The number of nitrogens with zero attached hydrogens (tertiary/aromatic N) is 4. The summed E-state index contributed by atoms with van der Waals surface area (Å²) in [7, 11) is -1.14. The van der Waals surface area contributed by atoms with Gasteiger partial charge in [-0.15, -0.1) is 0 Å². The van der Waals surface area contributed by atoms with Gasteiger partial charge in [-0.1, -0.05) is 50.0 Å². The summed E-state index contributed by atoms with van der Waals surface area (Å²) >= 11 is 0. The number of carbonyl (C=O) groups is 2. The van der Waals surface area contributed by atoms with Crippen molar-refractivity contribution in [2.75, 3.05) is 11.9 Å². The van der Waals surface area contributed by atoms with Gasteiger partial charge >= 0.3 is 5.97 Å². The van der Waals surface area contributed by atoms with Gasteiger partial charge in [0.2, 0.25) is 5.95 Å². The highest BCUT2D eigenvalue weighted by atomic mass is 28.3. The Hall–Kier alpha value is -4.02. The van der Waals surface area contributed by atoms with E-state index in [4.69, 9.17) is 9.84 Å². The molecule has 0 saturated heterocycles. The molecule has 2 aromatic heterocycles. The molecule has 0 aliphatic carbocycles. The van der Waals surface area contributed by atoms with Crippen molar-refractivity contribution < 1.29 is 19.4 Å². The number of para-hydroxylation sites is 1. The summed E-state index contributed by atoms with van der Waals surface area (Å²) in [5, 5.41) is 16.3. The fraction of sp³-hybridized carbons (Fsp3) is 0.333. The van der Waals surface area contributed by atoms with Gasteiger partial charge in [0.25, 0.3) is 5.91 Å². The van der Waals surface area contributed by atoms with Crippen molar-refractivity contribution in [1.29, 1.82) is 0 Å². The van der Waals surface area contributed by atoms with Crippen LogP contribution in [0.25, 0.3) is 16.8 Å². The van der Waals surface area contributed by atoms with E-state index >= 15 is 0 Å². The van der Waals surface area contributed by atoms with E-state index in [-0.39, 0.29) is 12.3 Å². The van der Waals surface area contributed by atoms with Crippen LogP contribution in [0.3, 0.4) is 0 Å². The Kier molecular flexibility index (Phi) is 9.68. The second-order valence-corrected chi connectivity index (χ2v) is 16.6. The van der Waals surface area contributed by atoms with E-state index in [1.807, 2.05) is 65.5 Å². The fourth-order valence-corrected chi connectivity index (χ4v) is 4.90. The molecule has 0 unspecified atom stereocenters. The van der Waals surface area contributed by atoms with Gasteiger partial charge in [0, 0.05) is 50.3 Å². The average Bonchev–Trinajstić information content (AvgIpc) is 3.56. The molecule has 0 fully saturated rings. The Bertz CT molecular complexity index is 1430. The maximum Gasteiger partial charge on any atom is 0.303 e. The van der Waals surface area contributed by atoms with Gasteiger partial charge in [-0.3, -0.25) is 19.5 Å². The predicted molar refractivity (Wildman–Crippen MR) is 158 cm³/mol. The topological polar surface area (TPSA) is 111 Å². The third kappa shape index (κ3) is 8.49. The molecule has 0 aliphatic rings. The zero-order chi connectivity index (χ0) is 28.5. The molecule has 1 amide bonds. The number of benzene rings is 2. The van der Waals surface area contributed by atoms with E-state index in [0.29, 0.717) is 37.5 Å². The second kappa shape index (κ2) is 13.4. The molecule has 4 rings (SSSR count). The molecule has 0 spiro atoms. The van der Waals surface area contributed by atoms with Gasteiger partial charge in [0.05, 0.1) is 11.9 Å². The molecular formula is C30H37N5O4Si. The third-order valence-corrected chi connectivity index (χ3v) is 8.10. The van der Waals surface area contributed by atoms with Gasteiger partial charge in [-0.25, -0.2) is 9.67 Å². The van der Waals surface area contributed by atoms with Gasteiger partial charge in [-0.2, -0.15) is 5.10 Å². The van der Waals surface area contributed by atoms with Gasteiger partial charge in [-0.05, 0) is 55.1 Å². The van der Waals surface area contributed by atoms with Crippen LogP contribution < -0.4 is 5.32 Å². The highest BCUT2D eigenvalue weighted by Gasteiger charge is 2.16. The summed E-state index contributed by atoms with van der Waals surface area (Å²) < 4.78 is 9.41. The van der Waals surface area contributed by atoms with Crippen molar-refractivity contribution in [3.05, 3.63) is 84.4 Å². The van der Waals surface area contributed by atoms with Crippen LogP contribution in [-0.4, -0.2) is 51.0 Å². The number of aliphatic carboxylic acids is 1. The lowest BCUT2D eigenvalue weighted by Crippen LogP contribution is -2.22. The minimum Gasteiger partial charge on any atom is -0.481 e. The van der Waals surface area contributed by atoms with E-state index in [9.17, 15) is 9.59 Å². The van der Waals surface area contributed by atoms with Crippen molar-refractivity contribution >= 4 is 25.9 Å². The molecule has 0 saturated carbocycles. The van der Waals surface area contributed by atoms with Gasteiger partial charge in [0.1, 0.15) is 6.73 Å². The number of amides is 1.